The van der Waals surface area contributed by atoms with Crippen molar-refractivity contribution in [1.29, 1.82) is 0 Å². The van der Waals surface area contributed by atoms with E-state index in [1.807, 2.05) is 0 Å². The van der Waals surface area contributed by atoms with E-state index in [2.05, 4.69) is 46.4 Å². The minimum atomic E-state index is -0.709. The van der Waals surface area contributed by atoms with E-state index in [1.54, 1.807) is 0 Å². The third-order valence-corrected chi connectivity index (χ3v) is 5.92. The second-order valence-corrected chi connectivity index (χ2v) is 8.29. The summed E-state index contributed by atoms with van der Waals surface area (Å²) in [6.45, 7) is 4.97. The Labute approximate surface area is 186 Å². The molecule has 7 heteroatoms. The molecule has 3 aromatic rings. The number of nitrogens with zero attached hydrogens (tertiary/aromatic N) is 2. The van der Waals surface area contributed by atoms with Gasteiger partial charge < -0.3 is 9.73 Å². The van der Waals surface area contributed by atoms with Crippen LogP contribution in [0.2, 0.25) is 0 Å². The van der Waals surface area contributed by atoms with Crippen LogP contribution in [0, 0.1) is 18.6 Å². The average molecular weight is 440 g/mol. The van der Waals surface area contributed by atoms with Gasteiger partial charge in [0.1, 0.15) is 11.6 Å². The summed E-state index contributed by atoms with van der Waals surface area (Å²) in [5, 5.41) is 3.10. The third kappa shape index (κ3) is 5.59. The number of aryl methyl sites for hydroxylation is 2. The topological polar surface area (TPSA) is 58.4 Å². The van der Waals surface area contributed by atoms with E-state index in [-0.39, 0.29) is 29.7 Å². The molecule has 0 spiro atoms. The molecule has 168 valence electrons. The molecular formula is C25H27F2N3O2. The molecule has 0 bridgehead atoms. The van der Waals surface area contributed by atoms with E-state index < -0.39 is 11.6 Å². The van der Waals surface area contributed by atoms with Crippen LogP contribution < -0.4 is 5.32 Å². The largest absolute Gasteiger partial charge is 0.441 e. The Morgan fingerprint density at radius 3 is 2.72 bits per heavy atom. The Bertz CT molecular complexity index is 1070. The van der Waals surface area contributed by atoms with Gasteiger partial charge in [-0.2, -0.15) is 0 Å². The molecule has 1 aliphatic heterocycles. The van der Waals surface area contributed by atoms with Gasteiger partial charge >= 0.3 is 0 Å². The van der Waals surface area contributed by atoms with Gasteiger partial charge in [0.05, 0.1) is 11.8 Å². The number of likely N-dealkylation sites (tertiary alicyclic amines) is 1. The minimum Gasteiger partial charge on any atom is -0.441 e. The van der Waals surface area contributed by atoms with Crippen LogP contribution in [-0.4, -0.2) is 34.9 Å². The summed E-state index contributed by atoms with van der Waals surface area (Å²) in [6, 6.07) is 11.9. The van der Waals surface area contributed by atoms with Crippen molar-refractivity contribution < 1.29 is 18.0 Å². The first kappa shape index (κ1) is 22.1. The zero-order valence-electron chi connectivity index (χ0n) is 18.1. The maximum absolute atomic E-state index is 13.9. The van der Waals surface area contributed by atoms with Gasteiger partial charge in [-0.15, -0.1) is 0 Å². The lowest BCUT2D eigenvalue weighted by Gasteiger charge is -2.32. The number of oxazole rings is 1. The molecule has 2 heterocycles. The molecule has 0 radical (unpaired) electrons. The molecule has 0 unspecified atom stereocenters. The smallest absolute Gasteiger partial charge is 0.220 e. The molecule has 1 N–H and O–H groups in total. The molecule has 32 heavy (non-hydrogen) atoms. The maximum atomic E-state index is 13.9. The normalized spacial score (nSPS) is 15.1. The second kappa shape index (κ2) is 10.0. The number of piperidine rings is 1. The predicted octanol–water partition coefficient (Wildman–Crippen LogP) is 4.64. The summed E-state index contributed by atoms with van der Waals surface area (Å²) in [7, 11) is 0. The van der Waals surface area contributed by atoms with Gasteiger partial charge in [-0.1, -0.05) is 24.3 Å². The number of benzene rings is 2. The number of amides is 1. The third-order valence-electron chi connectivity index (χ3n) is 5.92. The van der Waals surface area contributed by atoms with E-state index in [0.717, 1.165) is 38.5 Å². The molecule has 1 amide bonds. The van der Waals surface area contributed by atoms with Crippen molar-refractivity contribution in [2.75, 3.05) is 13.1 Å². The second-order valence-electron chi connectivity index (χ2n) is 8.29. The predicted molar refractivity (Wildman–Crippen MR) is 118 cm³/mol. The zero-order chi connectivity index (χ0) is 22.5. The number of nitrogens with one attached hydrogen (secondary N) is 1. The van der Waals surface area contributed by atoms with Crippen molar-refractivity contribution in [3.8, 4) is 11.3 Å². The molecular weight excluding hydrogens is 412 g/mol. The maximum Gasteiger partial charge on any atom is 0.220 e. The highest BCUT2D eigenvalue weighted by Crippen LogP contribution is 2.24. The quantitative estimate of drug-likeness (QED) is 0.583. The van der Waals surface area contributed by atoms with Crippen molar-refractivity contribution in [2.45, 2.75) is 45.2 Å². The molecule has 1 aromatic heterocycles. The average Bonchev–Trinajstić information content (AvgIpc) is 3.24. The highest BCUT2D eigenvalue weighted by atomic mass is 19.1. The van der Waals surface area contributed by atoms with E-state index >= 15 is 0 Å². The Kier molecular flexibility index (Phi) is 6.95. The van der Waals surface area contributed by atoms with Crippen molar-refractivity contribution >= 4 is 5.91 Å². The summed E-state index contributed by atoms with van der Waals surface area (Å²) in [5.41, 5.74) is 2.80. The monoisotopic (exact) mass is 439 g/mol. The van der Waals surface area contributed by atoms with Crippen LogP contribution in [0.5, 0.6) is 0 Å². The van der Waals surface area contributed by atoms with Crippen LogP contribution in [0.15, 0.2) is 53.1 Å². The summed E-state index contributed by atoms with van der Waals surface area (Å²) < 4.78 is 32.5. The van der Waals surface area contributed by atoms with Crippen molar-refractivity contribution in [3.05, 3.63) is 77.3 Å². The Morgan fingerprint density at radius 2 is 1.97 bits per heavy atom. The van der Waals surface area contributed by atoms with Crippen LogP contribution in [0.25, 0.3) is 11.3 Å². The fourth-order valence-electron chi connectivity index (χ4n) is 4.02. The first-order valence-electron chi connectivity index (χ1n) is 10.9. The SMILES string of the molecule is Cc1ccccc1CN1CCC(NC(=O)CCc2ncc(-c3ccc(F)cc3F)o2)CC1. The van der Waals surface area contributed by atoms with Gasteiger partial charge in [0.25, 0.3) is 0 Å². The summed E-state index contributed by atoms with van der Waals surface area (Å²) in [6.07, 6.45) is 3.80. The standard InChI is InChI=1S/C25H27F2N3O2/c1-17-4-2-3-5-18(17)16-30-12-10-20(11-13-30)29-24(31)8-9-25-28-15-23(32-25)21-7-6-19(26)14-22(21)27/h2-7,14-15,20H,8-13,16H2,1H3,(H,29,31). The molecule has 0 atom stereocenters. The van der Waals surface area contributed by atoms with Crippen molar-refractivity contribution in [2.24, 2.45) is 0 Å². The fourth-order valence-corrected chi connectivity index (χ4v) is 4.02. The van der Waals surface area contributed by atoms with E-state index in [1.165, 1.54) is 29.5 Å². The molecule has 0 saturated carbocycles. The van der Waals surface area contributed by atoms with Gasteiger partial charge in [-0.05, 0) is 43.0 Å². The van der Waals surface area contributed by atoms with E-state index in [4.69, 9.17) is 4.42 Å². The summed E-state index contributed by atoms with van der Waals surface area (Å²) in [4.78, 5) is 18.9. The zero-order valence-corrected chi connectivity index (χ0v) is 18.1. The van der Waals surface area contributed by atoms with Crippen LogP contribution in [0.4, 0.5) is 8.78 Å². The molecule has 1 saturated heterocycles. The van der Waals surface area contributed by atoms with Crippen molar-refractivity contribution in [1.82, 2.24) is 15.2 Å². The van der Waals surface area contributed by atoms with Gasteiger partial charge in [-0.25, -0.2) is 13.8 Å². The first-order valence-corrected chi connectivity index (χ1v) is 10.9. The number of aromatic nitrogens is 1. The van der Waals surface area contributed by atoms with Crippen LogP contribution >= 0.6 is 0 Å². The van der Waals surface area contributed by atoms with E-state index in [9.17, 15) is 13.6 Å². The highest BCUT2D eigenvalue weighted by molar-refractivity contribution is 5.76. The Hall–Kier alpha value is -3.06. The molecule has 1 fully saturated rings. The number of carbonyl (C=O) groups is 1. The number of halogens is 2. The number of carbonyl (C=O) groups excluding carboxylic acids is 1. The van der Waals surface area contributed by atoms with E-state index in [0.29, 0.717) is 12.3 Å². The minimum absolute atomic E-state index is 0.0462. The summed E-state index contributed by atoms with van der Waals surface area (Å²) in [5.74, 6) is -0.830. The Morgan fingerprint density at radius 1 is 1.19 bits per heavy atom. The molecule has 4 rings (SSSR count). The van der Waals surface area contributed by atoms with Gasteiger partial charge in [-0.3, -0.25) is 9.69 Å². The molecule has 5 nitrogen and oxygen atoms in total. The fraction of sp³-hybridized carbons (Fsp3) is 0.360. The van der Waals surface area contributed by atoms with Gasteiger partial charge in [0, 0.05) is 44.6 Å². The van der Waals surface area contributed by atoms with Crippen molar-refractivity contribution in [3.63, 3.8) is 0 Å². The summed E-state index contributed by atoms with van der Waals surface area (Å²) >= 11 is 0. The molecule has 1 aliphatic rings. The molecule has 0 aliphatic carbocycles. The number of hydrogen-bond acceptors (Lipinski definition) is 4. The lowest BCUT2D eigenvalue weighted by Crippen LogP contribution is -2.44. The van der Waals surface area contributed by atoms with Crippen LogP contribution in [0.3, 0.4) is 0 Å². The first-order chi connectivity index (χ1) is 15.5. The Balaban J connectivity index is 1.21. The highest BCUT2D eigenvalue weighted by Gasteiger charge is 2.21. The van der Waals surface area contributed by atoms with Crippen LogP contribution in [0.1, 0.15) is 36.3 Å². The molecule has 2 aromatic carbocycles. The van der Waals surface area contributed by atoms with Crippen LogP contribution in [-0.2, 0) is 17.8 Å². The van der Waals surface area contributed by atoms with Gasteiger partial charge in [0.2, 0.25) is 5.91 Å². The lowest BCUT2D eigenvalue weighted by molar-refractivity contribution is -0.122. The lowest BCUT2D eigenvalue weighted by atomic mass is 10.0. The number of rotatable bonds is 7. The number of hydrogen-bond donors (Lipinski definition) is 1. The van der Waals surface area contributed by atoms with Gasteiger partial charge in [0.15, 0.2) is 11.7 Å².